The number of ketones is 2. The molecule has 0 aromatic heterocycles. The molecular weight excluding hydrogens is 384 g/mol. The van der Waals surface area contributed by atoms with Gasteiger partial charge >= 0.3 is 0 Å². The number of hydrogen-bond donors (Lipinski definition) is 7. The molecule has 2 aromatic carbocycles. The average molecular weight is 402 g/mol. The number of hydrogen-bond acceptors (Lipinski definition) is 9. The Morgan fingerprint density at radius 2 is 1.31 bits per heavy atom. The van der Waals surface area contributed by atoms with Crippen LogP contribution in [0, 0.1) is 0 Å². The van der Waals surface area contributed by atoms with Crippen LogP contribution >= 0.6 is 0 Å². The first kappa shape index (κ1) is 19.2. The van der Waals surface area contributed by atoms with Crippen molar-refractivity contribution in [2.45, 2.75) is 37.6 Å². The van der Waals surface area contributed by atoms with Gasteiger partial charge in [-0.25, -0.2) is 0 Å². The van der Waals surface area contributed by atoms with Crippen LogP contribution in [-0.2, 0) is 0 Å². The van der Waals surface area contributed by atoms with Crippen molar-refractivity contribution >= 4 is 11.6 Å². The summed E-state index contributed by atoms with van der Waals surface area (Å²) in [4.78, 5) is 26.0. The minimum Gasteiger partial charge on any atom is -0.507 e. The normalized spacial score (nSPS) is 25.4. The number of benzene rings is 2. The second-order valence-corrected chi connectivity index (χ2v) is 7.37. The summed E-state index contributed by atoms with van der Waals surface area (Å²) in [6.07, 6.45) is -3.69. The zero-order chi connectivity index (χ0) is 21.4. The van der Waals surface area contributed by atoms with E-state index in [0.29, 0.717) is 0 Å². The standard InChI is InChI=1S/C20H18O9/c1-2-20(29)5-8(23)11-14(19(20)28)18(27)13-12(17(11)26)15(24)9-6(21)3-4-7(22)10(9)16(13)25/h3-4,8,19,21-23,26-29H,2,5H2,1H3/t8-,19-,20+/m1/s1. The maximum atomic E-state index is 13.0. The molecule has 2 aromatic rings. The quantitative estimate of drug-likeness (QED) is 0.291. The fourth-order valence-electron chi connectivity index (χ4n) is 4.26. The summed E-state index contributed by atoms with van der Waals surface area (Å²) in [7, 11) is 0. The molecule has 0 fully saturated rings. The van der Waals surface area contributed by atoms with E-state index in [1.807, 2.05) is 0 Å². The van der Waals surface area contributed by atoms with Crippen molar-refractivity contribution < 1.29 is 45.3 Å². The summed E-state index contributed by atoms with van der Waals surface area (Å²) >= 11 is 0. The number of carbonyl (C=O) groups is 2. The number of phenolic OH excluding ortho intramolecular Hbond substituents is 4. The van der Waals surface area contributed by atoms with E-state index in [2.05, 4.69) is 0 Å². The maximum Gasteiger partial charge on any atom is 0.202 e. The topological polar surface area (TPSA) is 176 Å². The van der Waals surface area contributed by atoms with Crippen LogP contribution in [0.4, 0.5) is 0 Å². The molecule has 7 N–H and O–H groups in total. The molecule has 0 aliphatic heterocycles. The zero-order valence-corrected chi connectivity index (χ0v) is 15.2. The predicted octanol–water partition coefficient (Wildman–Crippen LogP) is 0.896. The van der Waals surface area contributed by atoms with E-state index >= 15 is 0 Å². The SMILES string of the molecule is CC[C@]1(O)C[C@@H](O)c2c(O)c3c(c(O)c2[C@H]1O)C(=O)c1c(O)ccc(O)c1C3=O. The molecule has 0 bridgehead atoms. The maximum absolute atomic E-state index is 13.0. The van der Waals surface area contributed by atoms with Gasteiger partial charge in [0.05, 0.1) is 34.0 Å². The number of rotatable bonds is 1. The Hall–Kier alpha value is -3.14. The van der Waals surface area contributed by atoms with Crippen LogP contribution in [0.3, 0.4) is 0 Å². The van der Waals surface area contributed by atoms with Gasteiger partial charge in [-0.3, -0.25) is 9.59 Å². The van der Waals surface area contributed by atoms with Gasteiger partial charge in [0.1, 0.15) is 29.1 Å². The van der Waals surface area contributed by atoms with Gasteiger partial charge in [-0.2, -0.15) is 0 Å². The monoisotopic (exact) mass is 402 g/mol. The Balaban J connectivity index is 2.10. The Morgan fingerprint density at radius 3 is 1.76 bits per heavy atom. The molecule has 0 radical (unpaired) electrons. The van der Waals surface area contributed by atoms with Crippen molar-refractivity contribution in [3.05, 3.63) is 45.5 Å². The molecule has 29 heavy (non-hydrogen) atoms. The summed E-state index contributed by atoms with van der Waals surface area (Å²) in [5.74, 6) is -5.08. The first-order valence-electron chi connectivity index (χ1n) is 8.89. The molecule has 0 amide bonds. The highest BCUT2D eigenvalue weighted by molar-refractivity contribution is 6.32. The largest absolute Gasteiger partial charge is 0.507 e. The van der Waals surface area contributed by atoms with Crippen molar-refractivity contribution in [2.24, 2.45) is 0 Å². The number of carbonyl (C=O) groups excluding carboxylic acids is 2. The fourth-order valence-corrected chi connectivity index (χ4v) is 4.26. The number of phenols is 4. The molecule has 2 aliphatic carbocycles. The molecule has 0 heterocycles. The molecule has 9 heteroatoms. The van der Waals surface area contributed by atoms with Crippen LogP contribution in [-0.4, -0.2) is 52.9 Å². The minimum atomic E-state index is -1.84. The van der Waals surface area contributed by atoms with Gasteiger partial charge in [0.15, 0.2) is 0 Å². The molecule has 152 valence electrons. The van der Waals surface area contributed by atoms with E-state index in [0.717, 1.165) is 12.1 Å². The van der Waals surface area contributed by atoms with Gasteiger partial charge in [0, 0.05) is 17.5 Å². The number of aliphatic hydroxyl groups excluding tert-OH is 2. The third kappa shape index (κ3) is 2.26. The third-order valence-corrected chi connectivity index (χ3v) is 5.87. The summed E-state index contributed by atoms with van der Waals surface area (Å²) in [6, 6.07) is 1.99. The lowest BCUT2D eigenvalue weighted by molar-refractivity contribution is -0.117. The van der Waals surface area contributed by atoms with E-state index in [-0.39, 0.29) is 18.4 Å². The second kappa shape index (κ2) is 5.93. The lowest BCUT2D eigenvalue weighted by Gasteiger charge is -2.41. The lowest BCUT2D eigenvalue weighted by Crippen LogP contribution is -2.42. The second-order valence-electron chi connectivity index (χ2n) is 7.37. The summed E-state index contributed by atoms with van der Waals surface area (Å²) < 4.78 is 0. The molecule has 2 aliphatic rings. The number of fused-ring (bicyclic) bond motifs is 3. The van der Waals surface area contributed by atoms with Crippen molar-refractivity contribution in [3.8, 4) is 23.0 Å². The van der Waals surface area contributed by atoms with Gasteiger partial charge in [0.2, 0.25) is 11.6 Å². The Labute approximate surface area is 163 Å². The van der Waals surface area contributed by atoms with Gasteiger partial charge in [0.25, 0.3) is 0 Å². The Bertz CT molecular complexity index is 1100. The predicted molar refractivity (Wildman–Crippen MR) is 96.2 cm³/mol. The van der Waals surface area contributed by atoms with Gasteiger partial charge in [-0.1, -0.05) is 6.92 Å². The van der Waals surface area contributed by atoms with Crippen molar-refractivity contribution in [1.29, 1.82) is 0 Å². The van der Waals surface area contributed by atoms with E-state index in [4.69, 9.17) is 0 Å². The molecule has 0 spiro atoms. The van der Waals surface area contributed by atoms with Crippen LogP contribution < -0.4 is 0 Å². The lowest BCUT2D eigenvalue weighted by atomic mass is 9.71. The highest BCUT2D eigenvalue weighted by atomic mass is 16.3. The molecule has 0 saturated heterocycles. The van der Waals surface area contributed by atoms with E-state index in [9.17, 15) is 45.3 Å². The number of aliphatic hydroxyl groups is 3. The average Bonchev–Trinajstić information content (AvgIpc) is 2.67. The van der Waals surface area contributed by atoms with Crippen LogP contribution in [0.1, 0.15) is 74.9 Å². The Kier molecular flexibility index (Phi) is 3.92. The van der Waals surface area contributed by atoms with Gasteiger partial charge < -0.3 is 35.7 Å². The molecule has 4 rings (SSSR count). The molecule has 0 unspecified atom stereocenters. The van der Waals surface area contributed by atoms with E-state index in [1.165, 1.54) is 0 Å². The van der Waals surface area contributed by atoms with Crippen molar-refractivity contribution in [1.82, 2.24) is 0 Å². The molecule has 0 saturated carbocycles. The summed E-state index contributed by atoms with van der Waals surface area (Å²) in [6.45, 7) is 1.54. The highest BCUT2D eigenvalue weighted by Gasteiger charge is 2.50. The number of aromatic hydroxyl groups is 4. The minimum absolute atomic E-state index is 0.00761. The zero-order valence-electron chi connectivity index (χ0n) is 15.2. The van der Waals surface area contributed by atoms with Gasteiger partial charge in [-0.15, -0.1) is 0 Å². The fraction of sp³-hybridized carbons (Fsp3) is 0.300. The first-order valence-corrected chi connectivity index (χ1v) is 8.89. The smallest absolute Gasteiger partial charge is 0.202 e. The summed E-state index contributed by atoms with van der Waals surface area (Å²) in [5, 5.41) is 73.3. The van der Waals surface area contributed by atoms with Crippen molar-refractivity contribution in [2.75, 3.05) is 0 Å². The highest BCUT2D eigenvalue weighted by Crippen LogP contribution is 2.55. The van der Waals surface area contributed by atoms with E-state index in [1.54, 1.807) is 6.92 Å². The Morgan fingerprint density at radius 1 is 0.862 bits per heavy atom. The van der Waals surface area contributed by atoms with Crippen LogP contribution in [0.5, 0.6) is 23.0 Å². The van der Waals surface area contributed by atoms with Gasteiger partial charge in [-0.05, 0) is 18.6 Å². The first-order chi connectivity index (χ1) is 13.5. The van der Waals surface area contributed by atoms with E-state index < -0.39 is 80.2 Å². The van der Waals surface area contributed by atoms with Crippen LogP contribution in [0.15, 0.2) is 12.1 Å². The van der Waals surface area contributed by atoms with Crippen LogP contribution in [0.25, 0.3) is 0 Å². The van der Waals surface area contributed by atoms with Crippen molar-refractivity contribution in [3.63, 3.8) is 0 Å². The molecule has 3 atom stereocenters. The van der Waals surface area contributed by atoms with Crippen LogP contribution in [0.2, 0.25) is 0 Å². The third-order valence-electron chi connectivity index (χ3n) is 5.87. The summed E-state index contributed by atoms with van der Waals surface area (Å²) in [5.41, 5.74) is -5.14. The molecule has 9 nitrogen and oxygen atoms in total. The molecular formula is C20H18O9.